The van der Waals surface area contributed by atoms with Gasteiger partial charge in [-0.3, -0.25) is 0 Å². The summed E-state index contributed by atoms with van der Waals surface area (Å²) in [4.78, 5) is 0. The highest BCUT2D eigenvalue weighted by atomic mass is 28.3. The van der Waals surface area contributed by atoms with Crippen molar-refractivity contribution in [1.82, 2.24) is 0 Å². The first-order valence-electron chi connectivity index (χ1n) is 5.80. The summed E-state index contributed by atoms with van der Waals surface area (Å²) in [5.74, 6) is 0. The van der Waals surface area contributed by atoms with Gasteiger partial charge in [0.1, 0.15) is 6.79 Å². The third-order valence-corrected chi connectivity index (χ3v) is 4.61. The maximum absolute atomic E-state index is 5.93. The minimum absolute atomic E-state index is 0.0628. The summed E-state index contributed by atoms with van der Waals surface area (Å²) >= 11 is 0. The zero-order chi connectivity index (χ0) is 12.7. The highest BCUT2D eigenvalue weighted by molar-refractivity contribution is 6.48. The van der Waals surface area contributed by atoms with Crippen LogP contribution in [0, 0.1) is 0 Å². The zero-order valence-corrected chi connectivity index (χ0v) is 12.3. The van der Waals surface area contributed by atoms with E-state index in [4.69, 9.17) is 13.6 Å². The van der Waals surface area contributed by atoms with Gasteiger partial charge < -0.3 is 13.6 Å². The fourth-order valence-corrected chi connectivity index (χ4v) is 3.12. The Kier molecular flexibility index (Phi) is 5.84. The van der Waals surface area contributed by atoms with Gasteiger partial charge >= 0.3 is 9.28 Å². The molecule has 0 saturated heterocycles. The van der Waals surface area contributed by atoms with Crippen molar-refractivity contribution in [1.29, 1.82) is 0 Å². The van der Waals surface area contributed by atoms with Crippen molar-refractivity contribution >= 4 is 9.28 Å². The summed E-state index contributed by atoms with van der Waals surface area (Å²) in [5, 5.41) is 0.0628. The first-order valence-corrected chi connectivity index (χ1v) is 7.32. The number of ether oxygens (including phenoxy) is 1. The van der Waals surface area contributed by atoms with Crippen molar-refractivity contribution in [2.75, 3.05) is 13.9 Å². The molecule has 0 aliphatic carbocycles. The van der Waals surface area contributed by atoms with Gasteiger partial charge in [0.15, 0.2) is 0 Å². The smallest absolute Gasteiger partial charge is 0.329 e. The van der Waals surface area contributed by atoms with Gasteiger partial charge in [0.25, 0.3) is 0 Å². The largest absolute Gasteiger partial charge is 0.392 e. The number of methoxy groups -OCH3 is 1. The molecule has 96 valence electrons. The highest BCUT2D eigenvalue weighted by Crippen LogP contribution is 2.28. The van der Waals surface area contributed by atoms with Crippen LogP contribution in [0.25, 0.3) is 0 Å². The Hall–Kier alpha value is -0.683. The second-order valence-corrected chi connectivity index (χ2v) is 8.13. The Morgan fingerprint density at radius 1 is 1.06 bits per heavy atom. The molecule has 0 saturated carbocycles. The number of hydrogen-bond donors (Lipinski definition) is 0. The van der Waals surface area contributed by atoms with E-state index in [2.05, 4.69) is 32.9 Å². The third kappa shape index (κ3) is 5.45. The summed E-state index contributed by atoms with van der Waals surface area (Å²) in [6.45, 7) is 7.35. The van der Waals surface area contributed by atoms with E-state index in [9.17, 15) is 0 Å². The fourth-order valence-electron chi connectivity index (χ4n) is 1.42. The van der Waals surface area contributed by atoms with Gasteiger partial charge in [0.05, 0.1) is 6.61 Å². The van der Waals surface area contributed by atoms with Gasteiger partial charge in [-0.15, -0.1) is 0 Å². The van der Waals surface area contributed by atoms with E-state index >= 15 is 0 Å². The highest BCUT2D eigenvalue weighted by Gasteiger charge is 2.29. The molecule has 1 aromatic carbocycles. The fraction of sp³-hybridized carbons (Fsp3) is 0.538. The number of benzene rings is 1. The molecule has 1 atom stereocenters. The summed E-state index contributed by atoms with van der Waals surface area (Å²) < 4.78 is 16.6. The molecule has 0 fully saturated rings. The minimum atomic E-state index is -1.73. The van der Waals surface area contributed by atoms with Crippen LogP contribution in [0.5, 0.6) is 0 Å². The molecule has 3 nitrogen and oxygen atoms in total. The van der Waals surface area contributed by atoms with E-state index in [0.717, 1.165) is 0 Å². The lowest BCUT2D eigenvalue weighted by Crippen LogP contribution is -2.33. The molecule has 0 spiro atoms. The van der Waals surface area contributed by atoms with Crippen LogP contribution in [0.1, 0.15) is 26.3 Å². The molecule has 0 N–H and O–H groups in total. The minimum Gasteiger partial charge on any atom is -0.392 e. The van der Waals surface area contributed by atoms with Crippen molar-refractivity contribution in [2.24, 2.45) is 0 Å². The molecule has 1 aromatic rings. The Bertz CT molecular complexity index is 308. The van der Waals surface area contributed by atoms with Gasteiger partial charge in [0.2, 0.25) is 0 Å². The first-order chi connectivity index (χ1) is 8.04. The lowest BCUT2D eigenvalue weighted by atomic mass is 10.2. The van der Waals surface area contributed by atoms with Crippen LogP contribution in [0.15, 0.2) is 30.3 Å². The predicted molar refractivity (Wildman–Crippen MR) is 71.1 cm³/mol. The Morgan fingerprint density at radius 2 is 1.71 bits per heavy atom. The van der Waals surface area contributed by atoms with Crippen LogP contribution in [0.3, 0.4) is 0 Å². The SMILES string of the molecule is COCO[SiH](OCc1ccccc1)C(C)(C)C. The second kappa shape index (κ2) is 6.91. The van der Waals surface area contributed by atoms with Gasteiger partial charge in [-0.1, -0.05) is 51.1 Å². The van der Waals surface area contributed by atoms with E-state index in [-0.39, 0.29) is 5.04 Å². The van der Waals surface area contributed by atoms with E-state index in [1.165, 1.54) is 5.56 Å². The lowest BCUT2D eigenvalue weighted by molar-refractivity contribution is 0.0212. The predicted octanol–water partition coefficient (Wildman–Crippen LogP) is 2.84. The van der Waals surface area contributed by atoms with Crippen molar-refractivity contribution in [3.05, 3.63) is 35.9 Å². The van der Waals surface area contributed by atoms with Crippen molar-refractivity contribution in [3.63, 3.8) is 0 Å². The quantitative estimate of drug-likeness (QED) is 0.577. The summed E-state index contributed by atoms with van der Waals surface area (Å²) in [6, 6.07) is 10.2. The van der Waals surface area contributed by atoms with Gasteiger partial charge in [-0.25, -0.2) is 0 Å². The average molecular weight is 254 g/mol. The molecule has 0 bridgehead atoms. The van der Waals surface area contributed by atoms with Gasteiger partial charge in [0, 0.05) is 12.1 Å². The van der Waals surface area contributed by atoms with Gasteiger partial charge in [-0.05, 0) is 5.56 Å². The molecule has 0 radical (unpaired) electrons. The van der Waals surface area contributed by atoms with Crippen LogP contribution in [0.4, 0.5) is 0 Å². The number of rotatable bonds is 6. The van der Waals surface area contributed by atoms with E-state index in [0.29, 0.717) is 13.4 Å². The monoisotopic (exact) mass is 254 g/mol. The topological polar surface area (TPSA) is 27.7 Å². The second-order valence-electron chi connectivity index (χ2n) is 5.07. The van der Waals surface area contributed by atoms with Crippen LogP contribution in [-0.4, -0.2) is 23.2 Å². The average Bonchev–Trinajstić information content (AvgIpc) is 2.29. The van der Waals surface area contributed by atoms with E-state index < -0.39 is 9.28 Å². The van der Waals surface area contributed by atoms with Crippen LogP contribution >= 0.6 is 0 Å². The lowest BCUT2D eigenvalue weighted by Gasteiger charge is -2.28. The molecule has 17 heavy (non-hydrogen) atoms. The summed E-state index contributed by atoms with van der Waals surface area (Å²) in [7, 11) is -0.104. The number of hydrogen-bond acceptors (Lipinski definition) is 3. The zero-order valence-electron chi connectivity index (χ0n) is 11.1. The summed E-state index contributed by atoms with van der Waals surface area (Å²) in [5.41, 5.74) is 1.18. The summed E-state index contributed by atoms with van der Waals surface area (Å²) in [6.07, 6.45) is 0. The Balaban J connectivity index is 2.49. The molecule has 0 heterocycles. The van der Waals surface area contributed by atoms with Crippen LogP contribution < -0.4 is 0 Å². The molecule has 0 aromatic heterocycles. The van der Waals surface area contributed by atoms with Crippen LogP contribution in [-0.2, 0) is 20.2 Å². The third-order valence-electron chi connectivity index (χ3n) is 2.29. The van der Waals surface area contributed by atoms with Crippen molar-refractivity contribution in [3.8, 4) is 0 Å². The van der Waals surface area contributed by atoms with Crippen LogP contribution in [0.2, 0.25) is 5.04 Å². The molecule has 4 heteroatoms. The van der Waals surface area contributed by atoms with Gasteiger partial charge in [-0.2, -0.15) is 0 Å². The molecule has 0 aliphatic rings. The molecule has 1 unspecified atom stereocenters. The molecule has 0 amide bonds. The Morgan fingerprint density at radius 3 is 2.24 bits per heavy atom. The molecule has 1 rings (SSSR count). The normalized spacial score (nSPS) is 13.6. The molecular weight excluding hydrogens is 232 g/mol. The molecule has 0 aliphatic heterocycles. The maximum atomic E-state index is 5.93. The molecular formula is C13H22O3Si. The van der Waals surface area contributed by atoms with Crippen molar-refractivity contribution < 1.29 is 13.6 Å². The first kappa shape index (κ1) is 14.4. The van der Waals surface area contributed by atoms with E-state index in [1.54, 1.807) is 7.11 Å². The Labute approximate surface area is 106 Å². The standard InChI is InChI=1S/C13H22O3Si/c1-13(2,3)17(16-11-14-4)15-10-12-8-6-5-7-9-12/h5-9,17H,10-11H2,1-4H3. The maximum Gasteiger partial charge on any atom is 0.329 e. The van der Waals surface area contributed by atoms with Crippen molar-refractivity contribution in [2.45, 2.75) is 32.4 Å². The van der Waals surface area contributed by atoms with E-state index in [1.807, 2.05) is 18.2 Å².